The van der Waals surface area contributed by atoms with Crippen LogP contribution in [0.3, 0.4) is 0 Å². The molecule has 2 heteroatoms. The first kappa shape index (κ1) is 15.0. The Morgan fingerprint density at radius 3 is 2.21 bits per heavy atom. The minimum Gasteiger partial charge on any atom is -0.508 e. The van der Waals surface area contributed by atoms with Gasteiger partial charge in [-0.05, 0) is 47.2 Å². The van der Waals surface area contributed by atoms with Gasteiger partial charge >= 0.3 is 0 Å². The number of fused-ring (bicyclic) bond motifs is 1. The summed E-state index contributed by atoms with van der Waals surface area (Å²) in [6, 6.07) is 25.3. The maximum atomic E-state index is 11.9. The second-order valence-corrected chi connectivity index (χ2v) is 6.47. The van der Waals surface area contributed by atoms with Crippen molar-refractivity contribution in [3.05, 3.63) is 101 Å². The SMILES string of the molecule is Oc1ccc(C2(O)c3ccccc3CCC2c2ccccc2)cc1. The first-order valence-corrected chi connectivity index (χ1v) is 8.35. The molecule has 0 saturated heterocycles. The third kappa shape index (κ3) is 2.31. The van der Waals surface area contributed by atoms with Crippen molar-refractivity contribution in [3.63, 3.8) is 0 Å². The highest BCUT2D eigenvalue weighted by Gasteiger charge is 2.44. The van der Waals surface area contributed by atoms with Gasteiger partial charge < -0.3 is 10.2 Å². The quantitative estimate of drug-likeness (QED) is 0.737. The van der Waals surface area contributed by atoms with Crippen LogP contribution >= 0.6 is 0 Å². The van der Waals surface area contributed by atoms with E-state index in [0.29, 0.717) is 0 Å². The Kier molecular flexibility index (Phi) is 3.62. The van der Waals surface area contributed by atoms with Crippen LogP contribution in [0.1, 0.15) is 34.6 Å². The van der Waals surface area contributed by atoms with Crippen LogP contribution in [0, 0.1) is 0 Å². The molecule has 0 spiro atoms. The van der Waals surface area contributed by atoms with Crippen LogP contribution in [0.5, 0.6) is 5.75 Å². The molecular weight excluding hydrogens is 296 g/mol. The number of hydrogen-bond donors (Lipinski definition) is 2. The summed E-state index contributed by atoms with van der Waals surface area (Å²) >= 11 is 0. The summed E-state index contributed by atoms with van der Waals surface area (Å²) in [6.07, 6.45) is 1.84. The summed E-state index contributed by atoms with van der Waals surface area (Å²) in [5.74, 6) is 0.195. The van der Waals surface area contributed by atoms with Crippen molar-refractivity contribution in [2.75, 3.05) is 0 Å². The van der Waals surface area contributed by atoms with E-state index in [-0.39, 0.29) is 11.7 Å². The third-order valence-corrected chi connectivity index (χ3v) is 5.14. The Labute approximate surface area is 142 Å². The smallest absolute Gasteiger partial charge is 0.122 e. The number of phenolic OH excluding ortho intramolecular Hbond substituents is 1. The minimum absolute atomic E-state index is 0.0156. The molecule has 1 aliphatic carbocycles. The highest BCUT2D eigenvalue weighted by Crippen LogP contribution is 2.49. The Morgan fingerprint density at radius 1 is 0.792 bits per heavy atom. The van der Waals surface area contributed by atoms with Gasteiger partial charge in [0.15, 0.2) is 0 Å². The fraction of sp³-hybridized carbons (Fsp3) is 0.182. The van der Waals surface area contributed by atoms with Crippen molar-refractivity contribution in [2.24, 2.45) is 0 Å². The van der Waals surface area contributed by atoms with E-state index >= 15 is 0 Å². The van der Waals surface area contributed by atoms with Crippen LogP contribution in [0.25, 0.3) is 0 Å². The van der Waals surface area contributed by atoms with Crippen molar-refractivity contribution in [1.29, 1.82) is 0 Å². The summed E-state index contributed by atoms with van der Waals surface area (Å²) in [4.78, 5) is 0. The molecule has 0 aliphatic heterocycles. The van der Waals surface area contributed by atoms with E-state index in [2.05, 4.69) is 18.2 Å². The lowest BCUT2D eigenvalue weighted by Crippen LogP contribution is -2.39. The molecule has 3 aromatic carbocycles. The van der Waals surface area contributed by atoms with Crippen molar-refractivity contribution in [1.82, 2.24) is 0 Å². The molecule has 3 aromatic rings. The molecule has 0 bridgehead atoms. The zero-order valence-electron chi connectivity index (χ0n) is 13.4. The number of benzene rings is 3. The number of aromatic hydroxyl groups is 1. The molecule has 2 N–H and O–H groups in total. The Morgan fingerprint density at radius 2 is 1.46 bits per heavy atom. The molecule has 0 fully saturated rings. The predicted molar refractivity (Wildman–Crippen MR) is 95.1 cm³/mol. The summed E-state index contributed by atoms with van der Waals surface area (Å²) in [7, 11) is 0. The monoisotopic (exact) mass is 316 g/mol. The third-order valence-electron chi connectivity index (χ3n) is 5.14. The van der Waals surface area contributed by atoms with Gasteiger partial charge in [0.2, 0.25) is 0 Å². The molecule has 0 saturated carbocycles. The molecule has 0 radical (unpaired) electrons. The van der Waals surface area contributed by atoms with Gasteiger partial charge in [0.1, 0.15) is 11.4 Å². The Hall–Kier alpha value is -2.58. The second kappa shape index (κ2) is 5.81. The van der Waals surface area contributed by atoms with Gasteiger partial charge in [-0.1, -0.05) is 66.7 Å². The molecule has 2 unspecified atom stereocenters. The first-order valence-electron chi connectivity index (χ1n) is 8.35. The fourth-order valence-corrected chi connectivity index (χ4v) is 3.97. The van der Waals surface area contributed by atoms with Gasteiger partial charge in [0.05, 0.1) is 0 Å². The van der Waals surface area contributed by atoms with Gasteiger partial charge in [-0.3, -0.25) is 0 Å². The standard InChI is InChI=1S/C22H20O2/c23-19-13-11-18(12-14-19)22(24)20-9-5-4-8-17(20)10-15-21(22)16-6-2-1-3-7-16/h1-9,11-14,21,23-24H,10,15H2. The highest BCUT2D eigenvalue weighted by molar-refractivity contribution is 5.48. The van der Waals surface area contributed by atoms with E-state index < -0.39 is 5.60 Å². The molecular formula is C22H20O2. The van der Waals surface area contributed by atoms with E-state index in [1.165, 1.54) is 5.56 Å². The predicted octanol–water partition coefficient (Wildman–Crippen LogP) is 4.36. The molecule has 2 nitrogen and oxygen atoms in total. The molecule has 4 rings (SSSR count). The summed E-state index contributed by atoms with van der Waals surface area (Å²) < 4.78 is 0. The molecule has 1 aliphatic rings. The van der Waals surface area contributed by atoms with Gasteiger partial charge in [-0.15, -0.1) is 0 Å². The van der Waals surface area contributed by atoms with Gasteiger partial charge in [-0.25, -0.2) is 0 Å². The van der Waals surface area contributed by atoms with Crippen molar-refractivity contribution < 1.29 is 10.2 Å². The summed E-state index contributed by atoms with van der Waals surface area (Å²) in [5, 5.41) is 21.6. The second-order valence-electron chi connectivity index (χ2n) is 6.47. The van der Waals surface area contributed by atoms with Crippen LogP contribution in [0.4, 0.5) is 0 Å². The van der Waals surface area contributed by atoms with Gasteiger partial charge in [0, 0.05) is 5.92 Å². The average Bonchev–Trinajstić information content (AvgIpc) is 2.63. The van der Waals surface area contributed by atoms with Crippen molar-refractivity contribution >= 4 is 0 Å². The van der Waals surface area contributed by atoms with Crippen LogP contribution in [-0.4, -0.2) is 10.2 Å². The highest BCUT2D eigenvalue weighted by atomic mass is 16.3. The molecule has 0 heterocycles. The van der Waals surface area contributed by atoms with E-state index in [0.717, 1.165) is 29.5 Å². The fourth-order valence-electron chi connectivity index (χ4n) is 3.97. The number of rotatable bonds is 2. The van der Waals surface area contributed by atoms with Crippen LogP contribution < -0.4 is 0 Å². The van der Waals surface area contributed by atoms with E-state index in [1.54, 1.807) is 12.1 Å². The summed E-state index contributed by atoms with van der Waals surface area (Å²) in [5.41, 5.74) is 3.03. The molecule has 0 aromatic heterocycles. The number of aliphatic hydroxyl groups is 1. The van der Waals surface area contributed by atoms with Crippen molar-refractivity contribution in [3.8, 4) is 5.75 Å². The Bertz CT molecular complexity index is 839. The Balaban J connectivity index is 1.93. The number of hydrogen-bond acceptors (Lipinski definition) is 2. The number of phenols is 1. The lowest BCUT2D eigenvalue weighted by molar-refractivity contribution is 0.0384. The lowest BCUT2D eigenvalue weighted by Gasteiger charge is -2.42. The molecule has 120 valence electrons. The van der Waals surface area contributed by atoms with Gasteiger partial charge in [0.25, 0.3) is 0 Å². The first-order chi connectivity index (χ1) is 11.7. The van der Waals surface area contributed by atoms with Crippen LogP contribution in [0.2, 0.25) is 0 Å². The van der Waals surface area contributed by atoms with E-state index in [1.807, 2.05) is 48.5 Å². The molecule has 0 amide bonds. The van der Waals surface area contributed by atoms with Gasteiger partial charge in [-0.2, -0.15) is 0 Å². The largest absolute Gasteiger partial charge is 0.508 e. The van der Waals surface area contributed by atoms with E-state index in [9.17, 15) is 10.2 Å². The number of aryl methyl sites for hydroxylation is 1. The minimum atomic E-state index is -1.09. The maximum Gasteiger partial charge on any atom is 0.122 e. The topological polar surface area (TPSA) is 40.5 Å². The molecule has 24 heavy (non-hydrogen) atoms. The van der Waals surface area contributed by atoms with Crippen molar-refractivity contribution in [2.45, 2.75) is 24.4 Å². The molecule has 2 atom stereocenters. The average molecular weight is 316 g/mol. The zero-order valence-corrected chi connectivity index (χ0v) is 13.4. The van der Waals surface area contributed by atoms with Crippen LogP contribution in [-0.2, 0) is 12.0 Å². The maximum absolute atomic E-state index is 11.9. The van der Waals surface area contributed by atoms with Crippen LogP contribution in [0.15, 0.2) is 78.9 Å². The lowest BCUT2D eigenvalue weighted by atomic mass is 9.66. The van der Waals surface area contributed by atoms with E-state index in [4.69, 9.17) is 0 Å². The summed E-state index contributed by atoms with van der Waals surface area (Å²) in [6.45, 7) is 0. The zero-order chi connectivity index (χ0) is 16.6. The normalized spacial score (nSPS) is 22.8.